The molecule has 1 saturated heterocycles. The third-order valence-corrected chi connectivity index (χ3v) is 4.95. The lowest BCUT2D eigenvalue weighted by Crippen LogP contribution is -2.43. The van der Waals surface area contributed by atoms with Crippen LogP contribution in [0.4, 0.5) is 10.3 Å². The van der Waals surface area contributed by atoms with Crippen LogP contribution in [-0.2, 0) is 13.0 Å². The third kappa shape index (κ3) is 4.44. The summed E-state index contributed by atoms with van der Waals surface area (Å²) in [7, 11) is 0. The summed E-state index contributed by atoms with van der Waals surface area (Å²) >= 11 is 0. The molecule has 1 aromatic carbocycles. The Morgan fingerprint density at radius 1 is 1.25 bits per heavy atom. The monoisotopic (exact) mass is 384 g/mol. The Morgan fingerprint density at radius 2 is 2.07 bits per heavy atom. The number of fused-ring (bicyclic) bond motifs is 1. The van der Waals surface area contributed by atoms with E-state index in [-0.39, 0.29) is 5.82 Å². The van der Waals surface area contributed by atoms with E-state index in [1.165, 1.54) is 12.1 Å². The molecule has 3 aromatic rings. The molecule has 0 atom stereocenters. The largest absolute Gasteiger partial charge is 0.341 e. The van der Waals surface area contributed by atoms with Gasteiger partial charge in [0.15, 0.2) is 5.82 Å². The van der Waals surface area contributed by atoms with Gasteiger partial charge in [0.2, 0.25) is 11.8 Å². The standard InChI is InChI=1S/C20H25FN6O/c1-13(2)9-18-25-19(28-26-18)12-22-16-5-7-27(8-6-16)20-23-11-14-3-4-15(21)10-17(14)24-20/h3-4,10-11,13,16,22H,5-9,12H2,1-2H3. The van der Waals surface area contributed by atoms with E-state index in [1.807, 2.05) is 0 Å². The molecule has 1 aliphatic heterocycles. The van der Waals surface area contributed by atoms with Crippen molar-refractivity contribution in [3.63, 3.8) is 0 Å². The summed E-state index contributed by atoms with van der Waals surface area (Å²) in [6, 6.07) is 4.97. The number of rotatable bonds is 6. The summed E-state index contributed by atoms with van der Waals surface area (Å²) in [5.74, 6) is 2.30. The molecular formula is C20H25FN6O. The van der Waals surface area contributed by atoms with Crippen molar-refractivity contribution in [3.05, 3.63) is 41.9 Å². The summed E-state index contributed by atoms with van der Waals surface area (Å²) in [5.41, 5.74) is 0.638. The van der Waals surface area contributed by atoms with Gasteiger partial charge in [-0.15, -0.1) is 0 Å². The molecule has 0 aliphatic carbocycles. The van der Waals surface area contributed by atoms with E-state index in [2.05, 4.69) is 44.2 Å². The number of nitrogens with one attached hydrogen (secondary N) is 1. The van der Waals surface area contributed by atoms with Crippen LogP contribution in [0.2, 0.25) is 0 Å². The number of hydrogen-bond donors (Lipinski definition) is 1. The van der Waals surface area contributed by atoms with E-state index in [1.54, 1.807) is 12.3 Å². The molecule has 3 heterocycles. The van der Waals surface area contributed by atoms with Crippen molar-refractivity contribution in [1.29, 1.82) is 0 Å². The van der Waals surface area contributed by atoms with Crippen LogP contribution in [0.25, 0.3) is 10.9 Å². The smallest absolute Gasteiger partial charge is 0.240 e. The predicted molar refractivity (Wildman–Crippen MR) is 104 cm³/mol. The Morgan fingerprint density at radius 3 is 2.86 bits per heavy atom. The van der Waals surface area contributed by atoms with Gasteiger partial charge in [-0.3, -0.25) is 0 Å². The van der Waals surface area contributed by atoms with E-state index in [0.717, 1.165) is 43.6 Å². The summed E-state index contributed by atoms with van der Waals surface area (Å²) in [6.45, 7) is 6.55. The highest BCUT2D eigenvalue weighted by Crippen LogP contribution is 2.20. The Kier molecular flexibility index (Phi) is 5.47. The van der Waals surface area contributed by atoms with Gasteiger partial charge in [-0.2, -0.15) is 4.98 Å². The molecule has 0 spiro atoms. The number of nitrogens with zero attached hydrogens (tertiary/aromatic N) is 5. The van der Waals surface area contributed by atoms with Gasteiger partial charge in [-0.05, 0) is 30.9 Å². The number of piperidine rings is 1. The summed E-state index contributed by atoms with van der Waals surface area (Å²) in [5, 5.41) is 8.37. The summed E-state index contributed by atoms with van der Waals surface area (Å²) < 4.78 is 18.8. The van der Waals surface area contributed by atoms with E-state index in [0.29, 0.717) is 35.9 Å². The Bertz CT molecular complexity index is 935. The molecule has 0 unspecified atom stereocenters. The van der Waals surface area contributed by atoms with Gasteiger partial charge in [0.1, 0.15) is 5.82 Å². The highest BCUT2D eigenvalue weighted by Gasteiger charge is 2.21. The number of anilines is 1. The molecular weight excluding hydrogens is 359 g/mol. The second kappa shape index (κ2) is 8.18. The van der Waals surface area contributed by atoms with Crippen LogP contribution in [0.1, 0.15) is 38.4 Å². The van der Waals surface area contributed by atoms with Crippen molar-refractivity contribution < 1.29 is 8.91 Å². The zero-order valence-electron chi connectivity index (χ0n) is 16.2. The van der Waals surface area contributed by atoms with Gasteiger partial charge in [-0.25, -0.2) is 14.4 Å². The first-order valence-corrected chi connectivity index (χ1v) is 9.79. The second-order valence-electron chi connectivity index (χ2n) is 7.72. The minimum atomic E-state index is -0.280. The molecule has 0 saturated carbocycles. The quantitative estimate of drug-likeness (QED) is 0.699. The molecule has 2 aromatic heterocycles. The lowest BCUT2D eigenvalue weighted by molar-refractivity contribution is 0.337. The number of hydrogen-bond acceptors (Lipinski definition) is 7. The summed E-state index contributed by atoms with van der Waals surface area (Å²) in [4.78, 5) is 15.6. The SMILES string of the molecule is CC(C)Cc1noc(CNC2CCN(c3ncc4ccc(F)cc4n3)CC2)n1. The molecule has 8 heteroatoms. The maximum Gasteiger partial charge on any atom is 0.240 e. The van der Waals surface area contributed by atoms with Crippen LogP contribution in [0.15, 0.2) is 28.9 Å². The maximum atomic E-state index is 13.5. The average molecular weight is 384 g/mol. The molecule has 28 heavy (non-hydrogen) atoms. The molecule has 4 rings (SSSR count). The fourth-order valence-electron chi connectivity index (χ4n) is 3.46. The Balaban J connectivity index is 1.30. The normalized spacial score (nSPS) is 15.6. The third-order valence-electron chi connectivity index (χ3n) is 4.95. The lowest BCUT2D eigenvalue weighted by atomic mass is 10.1. The first kappa shape index (κ1) is 18.7. The van der Waals surface area contributed by atoms with E-state index in [9.17, 15) is 4.39 Å². The zero-order chi connectivity index (χ0) is 19.5. The molecule has 1 aliphatic rings. The average Bonchev–Trinajstić information content (AvgIpc) is 3.13. The van der Waals surface area contributed by atoms with E-state index >= 15 is 0 Å². The minimum absolute atomic E-state index is 0.280. The maximum absolute atomic E-state index is 13.5. The number of halogens is 1. The van der Waals surface area contributed by atoms with Crippen LogP contribution in [-0.4, -0.2) is 39.2 Å². The van der Waals surface area contributed by atoms with Crippen molar-refractivity contribution in [2.75, 3.05) is 18.0 Å². The second-order valence-corrected chi connectivity index (χ2v) is 7.72. The van der Waals surface area contributed by atoms with Gasteiger partial charge in [0, 0.05) is 43.2 Å². The van der Waals surface area contributed by atoms with Crippen molar-refractivity contribution in [1.82, 2.24) is 25.4 Å². The topological polar surface area (TPSA) is 80.0 Å². The fraction of sp³-hybridized carbons (Fsp3) is 0.500. The van der Waals surface area contributed by atoms with Crippen LogP contribution in [0.3, 0.4) is 0 Å². The zero-order valence-corrected chi connectivity index (χ0v) is 16.2. The molecule has 148 valence electrons. The first-order valence-electron chi connectivity index (χ1n) is 9.79. The van der Waals surface area contributed by atoms with Crippen LogP contribution in [0.5, 0.6) is 0 Å². The lowest BCUT2D eigenvalue weighted by Gasteiger charge is -2.32. The van der Waals surface area contributed by atoms with Crippen molar-refractivity contribution in [2.45, 2.75) is 45.7 Å². The van der Waals surface area contributed by atoms with Gasteiger partial charge >= 0.3 is 0 Å². The van der Waals surface area contributed by atoms with Crippen molar-refractivity contribution in [3.8, 4) is 0 Å². The molecule has 1 fully saturated rings. The van der Waals surface area contributed by atoms with Crippen molar-refractivity contribution in [2.24, 2.45) is 5.92 Å². The number of aromatic nitrogens is 4. The molecule has 0 bridgehead atoms. The molecule has 0 amide bonds. The highest BCUT2D eigenvalue weighted by atomic mass is 19.1. The fourth-order valence-corrected chi connectivity index (χ4v) is 3.46. The van der Waals surface area contributed by atoms with E-state index in [4.69, 9.17) is 4.52 Å². The number of benzene rings is 1. The van der Waals surface area contributed by atoms with Gasteiger partial charge in [-0.1, -0.05) is 19.0 Å². The van der Waals surface area contributed by atoms with Crippen molar-refractivity contribution >= 4 is 16.9 Å². The minimum Gasteiger partial charge on any atom is -0.341 e. The van der Waals surface area contributed by atoms with Crippen LogP contribution < -0.4 is 10.2 Å². The van der Waals surface area contributed by atoms with Crippen LogP contribution in [0, 0.1) is 11.7 Å². The highest BCUT2D eigenvalue weighted by molar-refractivity contribution is 5.78. The Hall–Kier alpha value is -2.61. The van der Waals surface area contributed by atoms with Gasteiger partial charge < -0.3 is 14.7 Å². The predicted octanol–water partition coefficient (Wildman–Crippen LogP) is 3.11. The van der Waals surface area contributed by atoms with Crippen LogP contribution >= 0.6 is 0 Å². The van der Waals surface area contributed by atoms with Gasteiger partial charge in [0.25, 0.3) is 0 Å². The molecule has 1 N–H and O–H groups in total. The molecule has 0 radical (unpaired) electrons. The molecule has 7 nitrogen and oxygen atoms in total. The Labute approximate surface area is 163 Å². The summed E-state index contributed by atoms with van der Waals surface area (Å²) in [6.07, 6.45) is 4.53. The van der Waals surface area contributed by atoms with E-state index < -0.39 is 0 Å². The van der Waals surface area contributed by atoms with Gasteiger partial charge in [0.05, 0.1) is 12.1 Å². The first-order chi connectivity index (χ1) is 13.6.